The molecule has 94 valence electrons. The first kappa shape index (κ1) is 12.8. The number of nitrogens with one attached hydrogen (secondary N) is 1. The van der Waals surface area contributed by atoms with Crippen LogP contribution in [-0.4, -0.2) is 4.98 Å². The smallest absolute Gasteiger partial charge is 0.128 e. The molecule has 18 heavy (non-hydrogen) atoms. The topological polar surface area (TPSA) is 77.0 Å². The van der Waals surface area contributed by atoms with Gasteiger partial charge in [0.05, 0.1) is 6.04 Å². The summed E-state index contributed by atoms with van der Waals surface area (Å²) >= 11 is 6.20. The van der Waals surface area contributed by atoms with Gasteiger partial charge in [0.25, 0.3) is 0 Å². The fourth-order valence-corrected chi connectivity index (χ4v) is 2.25. The van der Waals surface area contributed by atoms with Crippen LogP contribution in [0.5, 0.6) is 0 Å². The van der Waals surface area contributed by atoms with Crippen LogP contribution in [0.15, 0.2) is 36.5 Å². The first-order chi connectivity index (χ1) is 8.65. The highest BCUT2D eigenvalue weighted by molar-refractivity contribution is 6.31. The summed E-state index contributed by atoms with van der Waals surface area (Å²) in [4.78, 5) is 4.10. The van der Waals surface area contributed by atoms with E-state index in [1.165, 1.54) is 0 Å². The van der Waals surface area contributed by atoms with Gasteiger partial charge in [0.1, 0.15) is 5.82 Å². The number of hydrogen-bond donors (Lipinski definition) is 3. The lowest BCUT2D eigenvalue weighted by atomic mass is 9.96. The van der Waals surface area contributed by atoms with Crippen LogP contribution in [0.1, 0.15) is 22.7 Å². The van der Waals surface area contributed by atoms with Crippen LogP contribution in [0, 0.1) is 6.92 Å². The molecule has 2 aromatic rings. The second kappa shape index (κ2) is 5.35. The molecule has 2 rings (SSSR count). The predicted octanol–water partition coefficient (Wildman–Crippen LogP) is 2.18. The molecule has 5 heteroatoms. The van der Waals surface area contributed by atoms with Gasteiger partial charge in [0.15, 0.2) is 0 Å². The van der Waals surface area contributed by atoms with Crippen molar-refractivity contribution in [3.63, 3.8) is 0 Å². The van der Waals surface area contributed by atoms with Gasteiger partial charge in [-0.05, 0) is 30.2 Å². The second-order valence-corrected chi connectivity index (χ2v) is 4.46. The molecule has 1 aromatic carbocycles. The van der Waals surface area contributed by atoms with Gasteiger partial charge in [-0.3, -0.25) is 5.84 Å². The van der Waals surface area contributed by atoms with E-state index in [2.05, 4.69) is 10.4 Å². The zero-order valence-electron chi connectivity index (χ0n) is 10.0. The molecule has 0 saturated heterocycles. The largest absolute Gasteiger partial charge is 0.383 e. The Hall–Kier alpha value is -1.62. The van der Waals surface area contributed by atoms with E-state index in [4.69, 9.17) is 23.2 Å². The lowest BCUT2D eigenvalue weighted by Gasteiger charge is -2.21. The average Bonchev–Trinajstić information content (AvgIpc) is 2.35. The number of anilines is 1. The van der Waals surface area contributed by atoms with Gasteiger partial charge in [-0.15, -0.1) is 0 Å². The van der Waals surface area contributed by atoms with Gasteiger partial charge >= 0.3 is 0 Å². The zero-order chi connectivity index (χ0) is 13.1. The highest BCUT2D eigenvalue weighted by Gasteiger charge is 2.20. The number of rotatable bonds is 3. The van der Waals surface area contributed by atoms with Crippen molar-refractivity contribution in [1.29, 1.82) is 0 Å². The van der Waals surface area contributed by atoms with Gasteiger partial charge in [-0.2, -0.15) is 0 Å². The molecule has 1 atom stereocenters. The van der Waals surface area contributed by atoms with Crippen LogP contribution in [0.4, 0.5) is 5.82 Å². The van der Waals surface area contributed by atoms with E-state index in [1.54, 1.807) is 6.20 Å². The van der Waals surface area contributed by atoms with E-state index < -0.39 is 0 Å². The molecule has 1 heterocycles. The van der Waals surface area contributed by atoms with E-state index in [-0.39, 0.29) is 6.04 Å². The lowest BCUT2D eigenvalue weighted by Crippen LogP contribution is -2.30. The first-order valence-corrected chi connectivity index (χ1v) is 5.94. The quantitative estimate of drug-likeness (QED) is 0.585. The molecule has 0 fully saturated rings. The Bertz CT molecular complexity index is 536. The Balaban J connectivity index is 2.56. The number of hydrogen-bond acceptors (Lipinski definition) is 4. The van der Waals surface area contributed by atoms with Crippen LogP contribution in [0.2, 0.25) is 5.02 Å². The SMILES string of the molecule is Cc1ccnc(N)c1C(NN)c1ccccc1Cl. The summed E-state index contributed by atoms with van der Waals surface area (Å²) in [6.07, 6.45) is 1.67. The van der Waals surface area contributed by atoms with Crippen molar-refractivity contribution in [3.8, 4) is 0 Å². The van der Waals surface area contributed by atoms with E-state index >= 15 is 0 Å². The Morgan fingerprint density at radius 2 is 2.00 bits per heavy atom. The normalized spacial score (nSPS) is 12.4. The van der Waals surface area contributed by atoms with Crippen molar-refractivity contribution in [2.24, 2.45) is 5.84 Å². The summed E-state index contributed by atoms with van der Waals surface area (Å²) in [5.41, 5.74) is 11.4. The summed E-state index contributed by atoms with van der Waals surface area (Å²) in [5.74, 6) is 6.11. The summed E-state index contributed by atoms with van der Waals surface area (Å²) in [5, 5.41) is 0.642. The number of pyridine rings is 1. The minimum absolute atomic E-state index is 0.271. The molecular weight excluding hydrogens is 248 g/mol. The summed E-state index contributed by atoms with van der Waals surface area (Å²) < 4.78 is 0. The van der Waals surface area contributed by atoms with Crippen molar-refractivity contribution >= 4 is 17.4 Å². The van der Waals surface area contributed by atoms with E-state index in [1.807, 2.05) is 37.3 Å². The number of nitrogens with zero attached hydrogens (tertiary/aromatic N) is 1. The third kappa shape index (κ3) is 2.31. The standard InChI is InChI=1S/C13H15ClN4/c1-8-6-7-17-13(15)11(8)12(18-16)9-4-2-3-5-10(9)14/h2-7,12,18H,16H2,1H3,(H2,15,17). The number of hydrazine groups is 1. The molecule has 5 N–H and O–H groups in total. The van der Waals surface area contributed by atoms with Crippen LogP contribution in [0.25, 0.3) is 0 Å². The molecule has 0 saturated carbocycles. The van der Waals surface area contributed by atoms with Crippen LogP contribution >= 0.6 is 11.6 Å². The molecule has 4 nitrogen and oxygen atoms in total. The van der Waals surface area contributed by atoms with E-state index in [0.717, 1.165) is 16.7 Å². The van der Waals surface area contributed by atoms with Crippen molar-refractivity contribution in [3.05, 3.63) is 58.2 Å². The number of nitrogen functional groups attached to an aromatic ring is 1. The Kier molecular flexibility index (Phi) is 3.81. The number of nitrogens with two attached hydrogens (primary N) is 2. The molecule has 1 unspecified atom stereocenters. The van der Waals surface area contributed by atoms with Crippen molar-refractivity contribution in [2.45, 2.75) is 13.0 Å². The highest BCUT2D eigenvalue weighted by Crippen LogP contribution is 2.31. The molecule has 0 spiro atoms. The van der Waals surface area contributed by atoms with Crippen LogP contribution in [0.3, 0.4) is 0 Å². The maximum absolute atomic E-state index is 6.20. The number of benzene rings is 1. The van der Waals surface area contributed by atoms with Crippen molar-refractivity contribution in [1.82, 2.24) is 10.4 Å². The predicted molar refractivity (Wildman–Crippen MR) is 74.0 cm³/mol. The van der Waals surface area contributed by atoms with Crippen LogP contribution < -0.4 is 17.0 Å². The maximum Gasteiger partial charge on any atom is 0.128 e. The van der Waals surface area contributed by atoms with Gasteiger partial charge in [0, 0.05) is 16.8 Å². The monoisotopic (exact) mass is 262 g/mol. The Morgan fingerprint density at radius 3 is 2.61 bits per heavy atom. The van der Waals surface area contributed by atoms with Crippen molar-refractivity contribution < 1.29 is 0 Å². The van der Waals surface area contributed by atoms with E-state index in [0.29, 0.717) is 10.8 Å². The molecular formula is C13H15ClN4. The molecule has 0 radical (unpaired) electrons. The Labute approximate surface area is 111 Å². The number of aromatic nitrogens is 1. The summed E-state index contributed by atoms with van der Waals surface area (Å²) in [6, 6.07) is 9.15. The van der Waals surface area contributed by atoms with Gasteiger partial charge in [0.2, 0.25) is 0 Å². The molecule has 1 aromatic heterocycles. The fourth-order valence-electron chi connectivity index (χ4n) is 2.00. The summed E-state index contributed by atoms with van der Waals surface area (Å²) in [6.45, 7) is 1.97. The number of halogens is 1. The average molecular weight is 263 g/mol. The molecule has 0 aliphatic heterocycles. The molecule has 0 aliphatic carbocycles. The molecule has 0 amide bonds. The summed E-state index contributed by atoms with van der Waals surface area (Å²) in [7, 11) is 0. The second-order valence-electron chi connectivity index (χ2n) is 4.05. The maximum atomic E-state index is 6.20. The van der Waals surface area contributed by atoms with Gasteiger partial charge < -0.3 is 5.73 Å². The minimum atomic E-state index is -0.271. The molecule has 0 bridgehead atoms. The minimum Gasteiger partial charge on any atom is -0.383 e. The van der Waals surface area contributed by atoms with Gasteiger partial charge in [-0.1, -0.05) is 29.8 Å². The Morgan fingerprint density at radius 1 is 1.28 bits per heavy atom. The van der Waals surface area contributed by atoms with Crippen LogP contribution in [-0.2, 0) is 0 Å². The fraction of sp³-hybridized carbons (Fsp3) is 0.154. The molecule has 0 aliphatic rings. The highest BCUT2D eigenvalue weighted by atomic mass is 35.5. The van der Waals surface area contributed by atoms with Crippen molar-refractivity contribution in [2.75, 3.05) is 5.73 Å². The first-order valence-electron chi connectivity index (χ1n) is 5.56. The van der Waals surface area contributed by atoms with E-state index in [9.17, 15) is 0 Å². The number of aryl methyl sites for hydroxylation is 1. The van der Waals surface area contributed by atoms with Gasteiger partial charge in [-0.25, -0.2) is 10.4 Å². The third-order valence-corrected chi connectivity index (χ3v) is 3.25. The zero-order valence-corrected chi connectivity index (χ0v) is 10.8. The lowest BCUT2D eigenvalue weighted by molar-refractivity contribution is 0.633. The third-order valence-electron chi connectivity index (χ3n) is 2.91.